The summed E-state index contributed by atoms with van der Waals surface area (Å²) in [5.74, 6) is 0.618. The van der Waals surface area contributed by atoms with E-state index >= 15 is 0 Å². The summed E-state index contributed by atoms with van der Waals surface area (Å²) in [5, 5.41) is 7.88. The summed E-state index contributed by atoms with van der Waals surface area (Å²) in [4.78, 5) is 19.5. The number of aromatic nitrogens is 5. The fourth-order valence-corrected chi connectivity index (χ4v) is 6.33. The molecule has 0 saturated carbocycles. The first-order chi connectivity index (χ1) is 21.3. The number of rotatable bonds is 3. The Morgan fingerprint density at radius 1 is 0.488 bits per heavy atom. The van der Waals surface area contributed by atoms with Crippen LogP contribution < -0.4 is 0 Å². The zero-order valence-electron chi connectivity index (χ0n) is 23.0. The van der Waals surface area contributed by atoms with Crippen molar-refractivity contribution in [1.29, 1.82) is 0 Å². The molecular weight excluding hydrogens is 526 g/mol. The van der Waals surface area contributed by atoms with E-state index in [1.54, 1.807) is 6.20 Å². The molecule has 0 amide bonds. The molecule has 5 nitrogen and oxygen atoms in total. The van der Waals surface area contributed by atoms with E-state index in [-0.39, 0.29) is 0 Å². The minimum absolute atomic E-state index is 0.618. The van der Waals surface area contributed by atoms with Crippen LogP contribution >= 0.6 is 0 Å². The number of nitrogens with zero attached hydrogens (tertiary/aromatic N) is 5. The van der Waals surface area contributed by atoms with Gasteiger partial charge in [0.05, 0.1) is 34.1 Å². The van der Waals surface area contributed by atoms with Crippen molar-refractivity contribution in [3.63, 3.8) is 0 Å². The van der Waals surface area contributed by atoms with Crippen molar-refractivity contribution in [3.05, 3.63) is 140 Å². The quantitative estimate of drug-likeness (QED) is 0.206. The van der Waals surface area contributed by atoms with Gasteiger partial charge in [0.15, 0.2) is 5.82 Å². The molecule has 0 atom stereocenters. The van der Waals surface area contributed by atoms with Crippen LogP contribution in [0.4, 0.5) is 0 Å². The number of hydrogen-bond donors (Lipinski definition) is 0. The highest BCUT2D eigenvalue weighted by Gasteiger charge is 2.17. The molecule has 0 aliphatic heterocycles. The topological polar surface area (TPSA) is 56.5 Å². The Bertz CT molecular complexity index is 2510. The summed E-state index contributed by atoms with van der Waals surface area (Å²) >= 11 is 0. The smallest absolute Gasteiger partial charge is 0.179 e. The molecule has 0 aliphatic rings. The van der Waals surface area contributed by atoms with Gasteiger partial charge in [0, 0.05) is 39.5 Å². The van der Waals surface area contributed by atoms with Crippen molar-refractivity contribution >= 4 is 54.3 Å². The summed E-state index contributed by atoms with van der Waals surface area (Å²) in [7, 11) is 0. The van der Waals surface area contributed by atoms with Gasteiger partial charge < -0.3 is 4.57 Å². The fourth-order valence-electron chi connectivity index (χ4n) is 6.33. The molecule has 0 spiro atoms. The van der Waals surface area contributed by atoms with E-state index in [1.807, 2.05) is 30.6 Å². The van der Waals surface area contributed by atoms with Crippen LogP contribution in [0.1, 0.15) is 0 Å². The maximum atomic E-state index is 5.23. The maximum absolute atomic E-state index is 5.23. The molecule has 0 unspecified atom stereocenters. The van der Waals surface area contributed by atoms with Gasteiger partial charge in [-0.3, -0.25) is 9.97 Å². The lowest BCUT2D eigenvalue weighted by Gasteiger charge is -2.12. The van der Waals surface area contributed by atoms with Crippen LogP contribution in [-0.4, -0.2) is 24.5 Å². The molecule has 4 heterocycles. The Hall–Kier alpha value is -5.94. The zero-order chi connectivity index (χ0) is 28.3. The normalized spacial score (nSPS) is 11.7. The molecule has 4 aromatic heterocycles. The summed E-state index contributed by atoms with van der Waals surface area (Å²) in [6.07, 6.45) is 5.56. The molecule has 43 heavy (non-hydrogen) atoms. The second-order valence-corrected chi connectivity index (χ2v) is 10.8. The molecule has 0 radical (unpaired) electrons. The van der Waals surface area contributed by atoms with Crippen LogP contribution in [-0.2, 0) is 0 Å². The highest BCUT2D eigenvalue weighted by atomic mass is 15.0. The van der Waals surface area contributed by atoms with Gasteiger partial charge in [0.2, 0.25) is 0 Å². The summed E-state index contributed by atoms with van der Waals surface area (Å²) in [5.41, 5.74) is 6.89. The van der Waals surface area contributed by atoms with E-state index in [2.05, 4.69) is 113 Å². The van der Waals surface area contributed by atoms with Gasteiger partial charge in [-0.2, -0.15) is 0 Å². The summed E-state index contributed by atoms with van der Waals surface area (Å²) < 4.78 is 2.27. The third kappa shape index (κ3) is 3.72. The predicted octanol–water partition coefficient (Wildman–Crippen LogP) is 9.16. The first-order valence-electron chi connectivity index (χ1n) is 14.3. The van der Waals surface area contributed by atoms with Gasteiger partial charge in [0.1, 0.15) is 5.69 Å². The Balaban J connectivity index is 1.30. The maximum Gasteiger partial charge on any atom is 0.179 e. The number of hydrogen-bond acceptors (Lipinski definition) is 4. The van der Waals surface area contributed by atoms with E-state index < -0.39 is 0 Å². The van der Waals surface area contributed by atoms with E-state index in [9.17, 15) is 0 Å². The van der Waals surface area contributed by atoms with Crippen molar-refractivity contribution in [3.8, 4) is 28.5 Å². The Morgan fingerprint density at radius 3 is 2.16 bits per heavy atom. The Kier molecular flexibility index (Phi) is 5.13. The average Bonchev–Trinajstić information content (AvgIpc) is 3.40. The lowest BCUT2D eigenvalue weighted by atomic mass is 10.0. The first kappa shape index (κ1) is 23.7. The van der Waals surface area contributed by atoms with Crippen LogP contribution in [0.2, 0.25) is 0 Å². The third-order valence-corrected chi connectivity index (χ3v) is 8.30. The second-order valence-electron chi connectivity index (χ2n) is 10.8. The molecule has 0 bridgehead atoms. The predicted molar refractivity (Wildman–Crippen MR) is 175 cm³/mol. The molecule has 0 saturated heterocycles. The molecule has 9 rings (SSSR count). The highest BCUT2D eigenvalue weighted by Crippen LogP contribution is 2.37. The van der Waals surface area contributed by atoms with Crippen molar-refractivity contribution in [2.75, 3.05) is 0 Å². The molecule has 0 fully saturated rings. The van der Waals surface area contributed by atoms with Crippen molar-refractivity contribution in [1.82, 2.24) is 24.5 Å². The zero-order valence-corrected chi connectivity index (χ0v) is 23.0. The lowest BCUT2D eigenvalue weighted by molar-refractivity contribution is 1.14. The average molecular weight is 550 g/mol. The number of pyridine rings is 2. The van der Waals surface area contributed by atoms with Crippen molar-refractivity contribution in [2.45, 2.75) is 0 Å². The van der Waals surface area contributed by atoms with Crippen LogP contribution in [0, 0.1) is 0 Å². The van der Waals surface area contributed by atoms with Crippen LogP contribution in [0.25, 0.3) is 82.7 Å². The largest absolute Gasteiger partial charge is 0.308 e. The number of para-hydroxylation sites is 2. The van der Waals surface area contributed by atoms with Gasteiger partial charge in [-0.05, 0) is 70.8 Å². The van der Waals surface area contributed by atoms with Crippen LogP contribution in [0.3, 0.4) is 0 Å². The van der Waals surface area contributed by atoms with Crippen molar-refractivity contribution < 1.29 is 0 Å². The van der Waals surface area contributed by atoms with Gasteiger partial charge in [-0.15, -0.1) is 0 Å². The molecule has 5 aromatic carbocycles. The molecule has 0 N–H and O–H groups in total. The highest BCUT2D eigenvalue weighted by molar-refractivity contribution is 6.11. The molecular formula is C38H23N5. The summed E-state index contributed by atoms with van der Waals surface area (Å²) in [6, 6.07) is 42.3. The minimum atomic E-state index is 0.618. The van der Waals surface area contributed by atoms with Gasteiger partial charge in [0.25, 0.3) is 0 Å². The van der Waals surface area contributed by atoms with Gasteiger partial charge in [-0.25, -0.2) is 9.97 Å². The van der Waals surface area contributed by atoms with Crippen LogP contribution in [0.15, 0.2) is 140 Å². The summed E-state index contributed by atoms with van der Waals surface area (Å²) in [6.45, 7) is 0. The van der Waals surface area contributed by atoms with Crippen molar-refractivity contribution in [2.24, 2.45) is 0 Å². The van der Waals surface area contributed by atoms with Crippen LogP contribution in [0.5, 0.6) is 0 Å². The SMILES string of the molecule is c1cncc(-n2c3ccccc3c3cc(-c4nc(-c5nccc6cc7ccccc7cc56)nc5ccccc45)ccc32)c1. The van der Waals surface area contributed by atoms with E-state index in [0.29, 0.717) is 5.82 Å². The number of fused-ring (bicyclic) bond motifs is 6. The lowest BCUT2D eigenvalue weighted by Crippen LogP contribution is -1.98. The fraction of sp³-hybridized carbons (Fsp3) is 0. The number of benzene rings is 5. The molecule has 5 heteroatoms. The second kappa shape index (κ2) is 9.29. The molecule has 9 aromatic rings. The monoisotopic (exact) mass is 549 g/mol. The molecule has 0 aliphatic carbocycles. The Labute approximate surface area is 246 Å². The first-order valence-corrected chi connectivity index (χ1v) is 14.3. The Morgan fingerprint density at radius 2 is 1.28 bits per heavy atom. The van der Waals surface area contributed by atoms with E-state index in [1.165, 1.54) is 16.2 Å². The minimum Gasteiger partial charge on any atom is -0.308 e. The van der Waals surface area contributed by atoms with Gasteiger partial charge >= 0.3 is 0 Å². The third-order valence-electron chi connectivity index (χ3n) is 8.30. The van der Waals surface area contributed by atoms with E-state index in [4.69, 9.17) is 15.0 Å². The standard InChI is InChI=1S/C38H23N5/c1-2-9-25-21-31-26(20-24(25)8-1)17-19-40-37(31)38-41-33-13-5-3-12-30(33)36(42-38)27-15-16-35-32(22-27)29-11-4-6-14-34(29)43(35)28-10-7-18-39-23-28/h1-23H. The molecule has 200 valence electrons. The van der Waals surface area contributed by atoms with Gasteiger partial charge in [-0.1, -0.05) is 66.7 Å². The van der Waals surface area contributed by atoms with E-state index in [0.717, 1.165) is 60.7 Å².